The highest BCUT2D eigenvalue weighted by Gasteiger charge is 2.21. The molecule has 4 nitrogen and oxygen atoms in total. The maximum absolute atomic E-state index is 5.87. The Hall–Kier alpha value is -2.11. The van der Waals surface area contributed by atoms with Gasteiger partial charge < -0.3 is 19.7 Å². The SMILES string of the molecule is COc1ccc(NC(=S)N(Cc2ccc(C(C)(C)C)cc2)CC2CCCO2)cc1. The van der Waals surface area contributed by atoms with E-state index in [4.69, 9.17) is 21.7 Å². The number of thiocarbonyl (C=S) groups is 1. The van der Waals surface area contributed by atoms with Gasteiger partial charge in [0.1, 0.15) is 5.75 Å². The van der Waals surface area contributed by atoms with Crippen LogP contribution in [0.2, 0.25) is 0 Å². The molecule has 0 spiro atoms. The van der Waals surface area contributed by atoms with Gasteiger partial charge in [0.15, 0.2) is 5.11 Å². The number of nitrogens with one attached hydrogen (secondary N) is 1. The topological polar surface area (TPSA) is 33.7 Å². The third-order valence-corrected chi connectivity index (χ3v) is 5.63. The highest BCUT2D eigenvalue weighted by molar-refractivity contribution is 7.80. The van der Waals surface area contributed by atoms with Gasteiger partial charge in [-0.25, -0.2) is 0 Å². The first-order valence-corrected chi connectivity index (χ1v) is 10.7. The van der Waals surface area contributed by atoms with Crippen molar-refractivity contribution in [3.63, 3.8) is 0 Å². The number of nitrogens with zero attached hydrogens (tertiary/aromatic N) is 1. The van der Waals surface area contributed by atoms with Crippen molar-refractivity contribution >= 4 is 23.0 Å². The molecule has 1 N–H and O–H groups in total. The first-order chi connectivity index (χ1) is 13.8. The van der Waals surface area contributed by atoms with Crippen LogP contribution >= 0.6 is 12.2 Å². The molecule has 1 aliphatic rings. The lowest BCUT2D eigenvalue weighted by molar-refractivity contribution is 0.0905. The summed E-state index contributed by atoms with van der Waals surface area (Å²) in [6, 6.07) is 16.7. The zero-order chi connectivity index (χ0) is 20.9. The molecule has 0 saturated carbocycles. The van der Waals surface area contributed by atoms with Gasteiger partial charge in [-0.15, -0.1) is 0 Å². The predicted molar refractivity (Wildman–Crippen MR) is 124 cm³/mol. The maximum atomic E-state index is 5.87. The van der Waals surface area contributed by atoms with Gasteiger partial charge in [0.2, 0.25) is 0 Å². The monoisotopic (exact) mass is 412 g/mol. The Morgan fingerprint density at radius 1 is 1.14 bits per heavy atom. The van der Waals surface area contributed by atoms with Gasteiger partial charge in [0.05, 0.1) is 13.2 Å². The summed E-state index contributed by atoms with van der Waals surface area (Å²) < 4.78 is 11.1. The molecule has 0 radical (unpaired) electrons. The van der Waals surface area contributed by atoms with Crippen molar-refractivity contribution in [3.8, 4) is 5.75 Å². The summed E-state index contributed by atoms with van der Waals surface area (Å²) in [4.78, 5) is 2.21. The first-order valence-electron chi connectivity index (χ1n) is 10.3. The highest BCUT2D eigenvalue weighted by Crippen LogP contribution is 2.23. The van der Waals surface area contributed by atoms with E-state index in [2.05, 4.69) is 55.3 Å². The number of benzene rings is 2. The standard InChI is InChI=1S/C24H32N2O2S/c1-24(2,3)19-9-7-18(8-10-19)16-26(17-22-6-5-15-28-22)23(29)25-20-11-13-21(27-4)14-12-20/h7-14,22H,5-6,15-17H2,1-4H3,(H,25,29). The average molecular weight is 413 g/mol. The highest BCUT2D eigenvalue weighted by atomic mass is 32.1. The van der Waals surface area contributed by atoms with Crippen molar-refractivity contribution in [1.82, 2.24) is 4.90 Å². The molecule has 1 heterocycles. The lowest BCUT2D eigenvalue weighted by Crippen LogP contribution is -2.39. The molecule has 0 aliphatic carbocycles. The van der Waals surface area contributed by atoms with Gasteiger partial charge in [-0.1, -0.05) is 45.0 Å². The van der Waals surface area contributed by atoms with Crippen LogP contribution < -0.4 is 10.1 Å². The van der Waals surface area contributed by atoms with Crippen molar-refractivity contribution < 1.29 is 9.47 Å². The van der Waals surface area contributed by atoms with Gasteiger partial charge in [-0.2, -0.15) is 0 Å². The van der Waals surface area contributed by atoms with Crippen molar-refractivity contribution in [2.24, 2.45) is 0 Å². The van der Waals surface area contributed by atoms with Gasteiger partial charge >= 0.3 is 0 Å². The Balaban J connectivity index is 1.71. The third-order valence-electron chi connectivity index (χ3n) is 5.27. The van der Waals surface area contributed by atoms with Crippen molar-refractivity contribution in [1.29, 1.82) is 0 Å². The minimum absolute atomic E-state index is 0.154. The molecule has 1 unspecified atom stereocenters. The number of hydrogen-bond donors (Lipinski definition) is 1. The van der Waals surface area contributed by atoms with Crippen LogP contribution in [0.25, 0.3) is 0 Å². The van der Waals surface area contributed by atoms with E-state index in [1.54, 1.807) is 7.11 Å². The Labute approximate surface area is 180 Å². The second-order valence-corrected chi connectivity index (χ2v) is 9.01. The third kappa shape index (κ3) is 6.18. The van der Waals surface area contributed by atoms with Gasteiger partial charge in [0, 0.05) is 25.4 Å². The van der Waals surface area contributed by atoms with Crippen LogP contribution in [0.4, 0.5) is 5.69 Å². The van der Waals surface area contributed by atoms with Crippen LogP contribution in [0, 0.1) is 0 Å². The van der Waals surface area contributed by atoms with Crippen LogP contribution in [0.5, 0.6) is 5.75 Å². The Bertz CT molecular complexity index is 791. The van der Waals surface area contributed by atoms with Crippen LogP contribution in [-0.2, 0) is 16.7 Å². The minimum Gasteiger partial charge on any atom is -0.497 e. The van der Waals surface area contributed by atoms with E-state index in [1.165, 1.54) is 11.1 Å². The second-order valence-electron chi connectivity index (χ2n) is 8.62. The van der Waals surface area contributed by atoms with Gasteiger partial charge in [-0.05, 0) is 65.9 Å². The fraction of sp³-hybridized carbons (Fsp3) is 0.458. The molecule has 1 fully saturated rings. The van der Waals surface area contributed by atoms with E-state index in [0.29, 0.717) is 5.11 Å². The smallest absolute Gasteiger partial charge is 0.173 e. The number of hydrogen-bond acceptors (Lipinski definition) is 3. The molecule has 0 amide bonds. The van der Waals surface area contributed by atoms with Crippen LogP contribution in [0.3, 0.4) is 0 Å². The van der Waals surface area contributed by atoms with E-state index in [-0.39, 0.29) is 11.5 Å². The Morgan fingerprint density at radius 2 is 1.83 bits per heavy atom. The van der Waals surface area contributed by atoms with Gasteiger partial charge in [-0.3, -0.25) is 0 Å². The number of rotatable bonds is 6. The normalized spacial score (nSPS) is 16.5. The lowest BCUT2D eigenvalue weighted by Gasteiger charge is -2.29. The molecule has 156 valence electrons. The van der Waals surface area contributed by atoms with Crippen LogP contribution in [0.1, 0.15) is 44.7 Å². The fourth-order valence-corrected chi connectivity index (χ4v) is 3.72. The first kappa shape index (κ1) is 21.6. The fourth-order valence-electron chi connectivity index (χ4n) is 3.46. The molecule has 1 aliphatic heterocycles. The van der Waals surface area contributed by atoms with Gasteiger partial charge in [0.25, 0.3) is 0 Å². The Morgan fingerprint density at radius 3 is 2.38 bits per heavy atom. The molecule has 2 aromatic carbocycles. The molecule has 0 aromatic heterocycles. The van der Waals surface area contributed by atoms with E-state index in [9.17, 15) is 0 Å². The summed E-state index contributed by atoms with van der Waals surface area (Å²) in [6.45, 7) is 9.10. The van der Waals surface area contributed by atoms with E-state index in [1.807, 2.05) is 24.3 Å². The molecule has 5 heteroatoms. The molecule has 3 rings (SSSR count). The van der Waals surface area contributed by atoms with E-state index >= 15 is 0 Å². The average Bonchev–Trinajstić information content (AvgIpc) is 3.21. The molecular weight excluding hydrogens is 380 g/mol. The summed E-state index contributed by atoms with van der Waals surface area (Å²) >= 11 is 5.77. The summed E-state index contributed by atoms with van der Waals surface area (Å²) in [7, 11) is 1.67. The second kappa shape index (κ2) is 9.59. The van der Waals surface area contributed by atoms with Crippen LogP contribution in [-0.4, -0.2) is 36.4 Å². The zero-order valence-corrected chi connectivity index (χ0v) is 18.7. The molecule has 29 heavy (non-hydrogen) atoms. The summed E-state index contributed by atoms with van der Waals surface area (Å²) in [6.07, 6.45) is 2.45. The minimum atomic E-state index is 0.154. The van der Waals surface area contributed by atoms with Crippen molar-refractivity contribution in [2.45, 2.75) is 51.7 Å². The molecule has 2 aromatic rings. The number of anilines is 1. The number of ether oxygens (including phenoxy) is 2. The summed E-state index contributed by atoms with van der Waals surface area (Å²) in [5.41, 5.74) is 3.69. The maximum Gasteiger partial charge on any atom is 0.173 e. The zero-order valence-electron chi connectivity index (χ0n) is 17.9. The molecular formula is C24H32N2O2S. The van der Waals surface area contributed by atoms with Crippen LogP contribution in [0.15, 0.2) is 48.5 Å². The lowest BCUT2D eigenvalue weighted by atomic mass is 9.87. The summed E-state index contributed by atoms with van der Waals surface area (Å²) in [5.74, 6) is 0.830. The molecule has 1 saturated heterocycles. The van der Waals surface area contributed by atoms with E-state index in [0.717, 1.165) is 44.0 Å². The summed E-state index contributed by atoms with van der Waals surface area (Å²) in [5, 5.41) is 4.08. The molecule has 1 atom stereocenters. The van der Waals surface area contributed by atoms with Crippen molar-refractivity contribution in [3.05, 3.63) is 59.7 Å². The van der Waals surface area contributed by atoms with E-state index < -0.39 is 0 Å². The van der Waals surface area contributed by atoms with Crippen molar-refractivity contribution in [2.75, 3.05) is 25.6 Å². The largest absolute Gasteiger partial charge is 0.497 e. The molecule has 0 bridgehead atoms. The number of methoxy groups -OCH3 is 1. The Kier molecular flexibility index (Phi) is 7.14. The quantitative estimate of drug-likeness (QED) is 0.645. The predicted octanol–water partition coefficient (Wildman–Crippen LogP) is 5.37.